The first-order valence-corrected chi connectivity index (χ1v) is 12.7. The van der Waals surface area contributed by atoms with Gasteiger partial charge in [0.2, 0.25) is 0 Å². The van der Waals surface area contributed by atoms with E-state index in [4.69, 9.17) is 4.74 Å². The Morgan fingerprint density at radius 3 is 2.56 bits per heavy atom. The van der Waals surface area contributed by atoms with E-state index in [2.05, 4.69) is 51.2 Å². The molecule has 2 aliphatic heterocycles. The molecule has 3 aromatic rings. The largest absolute Gasteiger partial charge is 0.496 e. The van der Waals surface area contributed by atoms with Gasteiger partial charge in [-0.2, -0.15) is 0 Å². The lowest BCUT2D eigenvalue weighted by Gasteiger charge is -2.35. The molecule has 0 aliphatic carbocycles. The number of piperazine rings is 1. The molecule has 0 radical (unpaired) electrons. The molecule has 0 atom stereocenters. The quantitative estimate of drug-likeness (QED) is 0.489. The van der Waals surface area contributed by atoms with Crippen LogP contribution in [-0.4, -0.2) is 86.7 Å². The van der Waals surface area contributed by atoms with Gasteiger partial charge < -0.3 is 19.9 Å². The van der Waals surface area contributed by atoms with E-state index in [-0.39, 0.29) is 5.82 Å². The second kappa shape index (κ2) is 10.9. The van der Waals surface area contributed by atoms with Gasteiger partial charge in [-0.3, -0.25) is 9.80 Å². The normalized spacial score (nSPS) is 16.5. The molecule has 3 heterocycles. The molecule has 190 valence electrons. The van der Waals surface area contributed by atoms with E-state index in [0.717, 1.165) is 84.2 Å². The SMILES string of the molecule is COc1ccccc1-c1c[nH]c2c1C=C(c1ccc(F)c(CN3CCN(CCN(C)C)CC3)c1)CN2. The number of fused-ring (bicyclic) bond motifs is 1. The highest BCUT2D eigenvalue weighted by Gasteiger charge is 2.21. The van der Waals surface area contributed by atoms with Crippen LogP contribution in [0, 0.1) is 5.82 Å². The molecule has 5 rings (SSSR count). The number of ether oxygens (including phenoxy) is 1. The predicted octanol–water partition coefficient (Wildman–Crippen LogP) is 4.47. The van der Waals surface area contributed by atoms with Crippen molar-refractivity contribution in [3.05, 3.63) is 71.2 Å². The first-order chi connectivity index (χ1) is 17.5. The van der Waals surface area contributed by atoms with Crippen LogP contribution in [0.1, 0.15) is 16.7 Å². The van der Waals surface area contributed by atoms with Crippen LogP contribution in [0.25, 0.3) is 22.8 Å². The van der Waals surface area contributed by atoms with Gasteiger partial charge in [-0.25, -0.2) is 4.39 Å². The zero-order chi connectivity index (χ0) is 25.1. The van der Waals surface area contributed by atoms with Gasteiger partial charge in [0.25, 0.3) is 0 Å². The second-order valence-corrected chi connectivity index (χ2v) is 9.94. The summed E-state index contributed by atoms with van der Waals surface area (Å²) in [6.45, 7) is 7.49. The summed E-state index contributed by atoms with van der Waals surface area (Å²) in [5.74, 6) is 1.70. The molecule has 0 bridgehead atoms. The summed E-state index contributed by atoms with van der Waals surface area (Å²) >= 11 is 0. The number of anilines is 1. The Labute approximate surface area is 213 Å². The fraction of sp³-hybridized carbons (Fsp3) is 0.379. The predicted molar refractivity (Wildman–Crippen MR) is 146 cm³/mol. The molecule has 0 unspecified atom stereocenters. The van der Waals surface area contributed by atoms with Crippen molar-refractivity contribution in [2.75, 3.05) is 72.3 Å². The Morgan fingerprint density at radius 2 is 1.78 bits per heavy atom. The van der Waals surface area contributed by atoms with Gasteiger partial charge in [-0.05, 0) is 49.5 Å². The number of hydrogen-bond donors (Lipinski definition) is 2. The molecular formula is C29H36FN5O. The average Bonchev–Trinajstić information content (AvgIpc) is 3.32. The second-order valence-electron chi connectivity index (χ2n) is 9.94. The van der Waals surface area contributed by atoms with E-state index in [0.29, 0.717) is 13.1 Å². The number of benzene rings is 2. The van der Waals surface area contributed by atoms with Crippen LogP contribution < -0.4 is 10.1 Å². The van der Waals surface area contributed by atoms with Gasteiger partial charge in [0, 0.05) is 80.8 Å². The van der Waals surface area contributed by atoms with Crippen LogP contribution in [0.3, 0.4) is 0 Å². The standard InChI is InChI=1S/C29H36FN5O/c1-33(2)10-11-34-12-14-35(15-13-34)20-23-16-21(8-9-27(23)30)22-17-25-26(19-32-29(25)31-18-22)24-6-4-5-7-28(24)36-3/h4-9,16-17,19,31-32H,10-15,18,20H2,1-3H3. The van der Waals surface area contributed by atoms with E-state index in [1.807, 2.05) is 36.5 Å². The average molecular weight is 490 g/mol. The van der Waals surface area contributed by atoms with Crippen LogP contribution >= 0.6 is 0 Å². The Morgan fingerprint density at radius 1 is 1.00 bits per heavy atom. The Balaban J connectivity index is 1.33. The maximum absolute atomic E-state index is 14.8. The lowest BCUT2D eigenvalue weighted by atomic mass is 9.95. The van der Waals surface area contributed by atoms with Gasteiger partial charge in [-0.1, -0.05) is 24.3 Å². The molecular weight excluding hydrogens is 453 g/mol. The molecule has 1 saturated heterocycles. The highest BCUT2D eigenvalue weighted by molar-refractivity contribution is 5.96. The van der Waals surface area contributed by atoms with Crippen LogP contribution in [-0.2, 0) is 6.54 Å². The molecule has 0 saturated carbocycles. The van der Waals surface area contributed by atoms with Crippen LogP contribution in [0.5, 0.6) is 5.75 Å². The molecule has 36 heavy (non-hydrogen) atoms. The molecule has 0 amide bonds. The van der Waals surface area contributed by atoms with Crippen molar-refractivity contribution < 1.29 is 9.13 Å². The number of aromatic nitrogens is 1. The monoisotopic (exact) mass is 489 g/mol. The van der Waals surface area contributed by atoms with Gasteiger partial charge in [-0.15, -0.1) is 0 Å². The van der Waals surface area contributed by atoms with Crippen molar-refractivity contribution in [2.24, 2.45) is 0 Å². The van der Waals surface area contributed by atoms with Crippen molar-refractivity contribution in [2.45, 2.75) is 6.54 Å². The minimum absolute atomic E-state index is 0.129. The summed E-state index contributed by atoms with van der Waals surface area (Å²) in [6.07, 6.45) is 4.23. The summed E-state index contributed by atoms with van der Waals surface area (Å²) in [4.78, 5) is 10.4. The number of nitrogens with one attached hydrogen (secondary N) is 2. The summed E-state index contributed by atoms with van der Waals surface area (Å²) in [7, 11) is 5.92. The summed E-state index contributed by atoms with van der Waals surface area (Å²) in [5, 5.41) is 3.50. The highest BCUT2D eigenvalue weighted by Crippen LogP contribution is 2.39. The number of H-pyrrole nitrogens is 1. The number of aromatic amines is 1. The fourth-order valence-electron chi connectivity index (χ4n) is 5.06. The zero-order valence-corrected chi connectivity index (χ0v) is 21.5. The lowest BCUT2D eigenvalue weighted by molar-refractivity contribution is 0.119. The molecule has 7 heteroatoms. The number of nitrogens with zero attached hydrogens (tertiary/aromatic N) is 3. The fourth-order valence-corrected chi connectivity index (χ4v) is 5.06. The lowest BCUT2D eigenvalue weighted by Crippen LogP contribution is -2.47. The third-order valence-electron chi connectivity index (χ3n) is 7.23. The van der Waals surface area contributed by atoms with E-state index >= 15 is 0 Å². The molecule has 1 aromatic heterocycles. The van der Waals surface area contributed by atoms with Gasteiger partial charge in [0.05, 0.1) is 7.11 Å². The summed E-state index contributed by atoms with van der Waals surface area (Å²) < 4.78 is 20.4. The van der Waals surface area contributed by atoms with Crippen molar-refractivity contribution in [3.63, 3.8) is 0 Å². The highest BCUT2D eigenvalue weighted by atomic mass is 19.1. The molecule has 2 N–H and O–H groups in total. The molecule has 2 aliphatic rings. The first-order valence-electron chi connectivity index (χ1n) is 12.7. The number of para-hydroxylation sites is 1. The third-order valence-corrected chi connectivity index (χ3v) is 7.23. The van der Waals surface area contributed by atoms with Gasteiger partial charge in [0.15, 0.2) is 0 Å². The van der Waals surface area contributed by atoms with Gasteiger partial charge in [0.1, 0.15) is 17.4 Å². The smallest absolute Gasteiger partial charge is 0.127 e. The van der Waals surface area contributed by atoms with E-state index in [1.54, 1.807) is 13.2 Å². The van der Waals surface area contributed by atoms with Crippen molar-refractivity contribution in [1.82, 2.24) is 19.7 Å². The molecule has 2 aromatic carbocycles. The summed E-state index contributed by atoms with van der Waals surface area (Å²) in [6, 6.07) is 13.6. The van der Waals surface area contributed by atoms with E-state index in [1.165, 1.54) is 0 Å². The Hall–Kier alpha value is -3.13. The minimum atomic E-state index is -0.129. The maximum atomic E-state index is 14.8. The van der Waals surface area contributed by atoms with Crippen molar-refractivity contribution in [1.29, 1.82) is 0 Å². The van der Waals surface area contributed by atoms with Crippen molar-refractivity contribution in [3.8, 4) is 16.9 Å². The summed E-state index contributed by atoms with van der Waals surface area (Å²) in [5.41, 5.74) is 6.19. The topological polar surface area (TPSA) is 46.8 Å². The zero-order valence-electron chi connectivity index (χ0n) is 21.5. The van der Waals surface area contributed by atoms with E-state index < -0.39 is 0 Å². The van der Waals surface area contributed by atoms with Crippen LogP contribution in [0.4, 0.5) is 10.2 Å². The third kappa shape index (κ3) is 5.33. The van der Waals surface area contributed by atoms with Crippen LogP contribution in [0.2, 0.25) is 0 Å². The Kier molecular flexibility index (Phi) is 7.41. The number of halogens is 1. The van der Waals surface area contributed by atoms with Crippen LogP contribution in [0.15, 0.2) is 48.7 Å². The van der Waals surface area contributed by atoms with Crippen molar-refractivity contribution >= 4 is 17.5 Å². The Bertz CT molecular complexity index is 1230. The first kappa shape index (κ1) is 24.6. The van der Waals surface area contributed by atoms with Gasteiger partial charge >= 0.3 is 0 Å². The maximum Gasteiger partial charge on any atom is 0.127 e. The number of methoxy groups -OCH3 is 1. The minimum Gasteiger partial charge on any atom is -0.496 e. The number of hydrogen-bond acceptors (Lipinski definition) is 5. The van der Waals surface area contributed by atoms with E-state index in [9.17, 15) is 4.39 Å². The molecule has 6 nitrogen and oxygen atoms in total. The number of likely N-dealkylation sites (N-methyl/N-ethyl adjacent to an activating group) is 1. The number of rotatable bonds is 8. The molecule has 1 fully saturated rings. The molecule has 0 spiro atoms.